The molecule has 2 rings (SSSR count). The molecule has 0 spiro atoms. The van der Waals surface area contributed by atoms with Gasteiger partial charge in [-0.25, -0.2) is 0 Å². The van der Waals surface area contributed by atoms with Crippen LogP contribution in [0.2, 0.25) is 5.04 Å². The molecule has 0 radical (unpaired) electrons. The lowest BCUT2D eigenvalue weighted by molar-refractivity contribution is 0.335. The van der Waals surface area contributed by atoms with Crippen LogP contribution in [0.1, 0.15) is 80.6 Å². The molecule has 190 valence electrons. The van der Waals surface area contributed by atoms with E-state index < -0.39 is 8.32 Å². The molecule has 0 N–H and O–H groups in total. The van der Waals surface area contributed by atoms with Crippen molar-refractivity contribution in [2.75, 3.05) is 6.61 Å². The van der Waals surface area contributed by atoms with Crippen LogP contribution in [0.4, 0.5) is 0 Å². The molecule has 0 aliphatic heterocycles. The van der Waals surface area contributed by atoms with Crippen molar-refractivity contribution in [3.8, 4) is 0 Å². The lowest BCUT2D eigenvalue weighted by atomic mass is 9.79. The molecule has 0 amide bonds. The molecule has 2 heteroatoms. The normalized spacial score (nSPS) is 15.1. The molecule has 0 aromatic heterocycles. The second-order valence-electron chi connectivity index (χ2n) is 11.2. The topological polar surface area (TPSA) is 9.23 Å². The molecule has 0 fully saturated rings. The van der Waals surface area contributed by atoms with E-state index >= 15 is 0 Å². The van der Waals surface area contributed by atoms with Gasteiger partial charge in [0, 0.05) is 0 Å². The van der Waals surface area contributed by atoms with E-state index in [1.54, 1.807) is 0 Å². The van der Waals surface area contributed by atoms with Crippen LogP contribution < -0.4 is 10.4 Å². The van der Waals surface area contributed by atoms with Crippen molar-refractivity contribution in [1.82, 2.24) is 0 Å². The lowest BCUT2D eigenvalue weighted by Crippen LogP contribution is -2.66. The molecule has 1 atom stereocenters. The monoisotopic (exact) mass is 488 g/mol. The molecule has 2 aromatic rings. The molecule has 0 saturated carbocycles. The van der Waals surface area contributed by atoms with E-state index in [9.17, 15) is 0 Å². The second kappa shape index (κ2) is 13.2. The Kier molecular flexibility index (Phi) is 11.0. The molecule has 35 heavy (non-hydrogen) atoms. The zero-order valence-electron chi connectivity index (χ0n) is 23.4. The summed E-state index contributed by atoms with van der Waals surface area (Å²) in [6.07, 6.45) is 12.3. The first-order valence-corrected chi connectivity index (χ1v) is 15.2. The van der Waals surface area contributed by atoms with Gasteiger partial charge in [-0.3, -0.25) is 0 Å². The molecule has 0 heterocycles. The van der Waals surface area contributed by atoms with Gasteiger partial charge in [-0.15, -0.1) is 6.58 Å². The Labute approximate surface area is 217 Å². The summed E-state index contributed by atoms with van der Waals surface area (Å²) in [4.78, 5) is 0. The predicted octanol–water partition coefficient (Wildman–Crippen LogP) is 8.62. The maximum atomic E-state index is 7.10. The molecular formula is C33H48OSi. The van der Waals surface area contributed by atoms with Gasteiger partial charge in [0.2, 0.25) is 0 Å². The number of allylic oxidation sites excluding steroid dienone is 4. The molecule has 0 saturated heterocycles. The minimum absolute atomic E-state index is 0.00493. The van der Waals surface area contributed by atoms with E-state index in [0.29, 0.717) is 6.61 Å². The van der Waals surface area contributed by atoms with Gasteiger partial charge >= 0.3 is 0 Å². The van der Waals surface area contributed by atoms with E-state index in [-0.39, 0.29) is 10.5 Å². The predicted molar refractivity (Wildman–Crippen MR) is 158 cm³/mol. The molecule has 1 unspecified atom stereocenters. The summed E-state index contributed by atoms with van der Waals surface area (Å²) in [5.41, 5.74) is 3.03. The standard InChI is InChI=1S/C33H48OSi/c1-9-28(4)19-18-25-33(8,11-3)27-29(10-2)24-26-34-35(32(5,6)7,30-20-14-12-15-21-30)31-22-16-13-17-23-31/h11-17,19-24H,3,9-10,18,25-27H2,1-2,4-8H3/b28-19-,29-24+. The Morgan fingerprint density at radius 1 is 0.857 bits per heavy atom. The van der Waals surface area contributed by atoms with Crippen LogP contribution in [0.5, 0.6) is 0 Å². The zero-order valence-corrected chi connectivity index (χ0v) is 24.4. The van der Waals surface area contributed by atoms with E-state index in [0.717, 1.165) is 32.1 Å². The number of rotatable bonds is 13. The Bertz CT molecular complexity index is 926. The van der Waals surface area contributed by atoms with Crippen LogP contribution >= 0.6 is 0 Å². The summed E-state index contributed by atoms with van der Waals surface area (Å²) < 4.78 is 7.10. The third kappa shape index (κ3) is 7.66. The van der Waals surface area contributed by atoms with Crippen LogP contribution in [0, 0.1) is 5.41 Å². The van der Waals surface area contributed by atoms with Gasteiger partial charge in [-0.05, 0) is 59.9 Å². The fourth-order valence-corrected chi connectivity index (χ4v) is 9.45. The SMILES string of the molecule is C=CC(C)(CC/C=C(/C)CC)C/C(=C/CO[Si](c1ccccc1)(c1ccccc1)C(C)(C)C)CC. The highest BCUT2D eigenvalue weighted by molar-refractivity contribution is 6.99. The number of benzene rings is 2. The van der Waals surface area contributed by atoms with Gasteiger partial charge in [0.1, 0.15) is 0 Å². The Morgan fingerprint density at radius 3 is 1.83 bits per heavy atom. The van der Waals surface area contributed by atoms with Gasteiger partial charge in [-0.2, -0.15) is 0 Å². The zero-order chi connectivity index (χ0) is 26.0. The Balaban J connectivity index is 2.33. The quantitative estimate of drug-likeness (QED) is 0.202. The van der Waals surface area contributed by atoms with Crippen molar-refractivity contribution in [2.45, 2.75) is 85.6 Å². The van der Waals surface area contributed by atoms with Crippen LogP contribution in [-0.4, -0.2) is 14.9 Å². The minimum atomic E-state index is -2.51. The fraction of sp³-hybridized carbons (Fsp3) is 0.455. The fourth-order valence-electron chi connectivity index (χ4n) is 4.96. The molecular weight excluding hydrogens is 440 g/mol. The summed E-state index contributed by atoms with van der Waals surface area (Å²) in [6, 6.07) is 21.8. The first-order valence-electron chi connectivity index (χ1n) is 13.3. The van der Waals surface area contributed by atoms with Crippen molar-refractivity contribution >= 4 is 18.7 Å². The molecule has 1 nitrogen and oxygen atoms in total. The highest BCUT2D eigenvalue weighted by Gasteiger charge is 2.49. The summed E-state index contributed by atoms with van der Waals surface area (Å²) in [6.45, 7) is 20.9. The van der Waals surface area contributed by atoms with Crippen molar-refractivity contribution in [3.63, 3.8) is 0 Å². The van der Waals surface area contributed by atoms with Crippen molar-refractivity contribution in [2.24, 2.45) is 5.41 Å². The van der Waals surface area contributed by atoms with E-state index in [1.165, 1.54) is 21.5 Å². The van der Waals surface area contributed by atoms with Crippen molar-refractivity contribution in [1.29, 1.82) is 0 Å². The molecule has 0 aliphatic carbocycles. The number of hydrogen-bond donors (Lipinski definition) is 0. The summed E-state index contributed by atoms with van der Waals surface area (Å²) in [5, 5.41) is 2.66. The molecule has 0 bridgehead atoms. The maximum Gasteiger partial charge on any atom is 0.261 e. The minimum Gasteiger partial charge on any atom is -0.404 e. The average molecular weight is 489 g/mol. The molecule has 2 aromatic carbocycles. The third-order valence-corrected chi connectivity index (χ3v) is 12.4. The first kappa shape index (κ1) is 29.1. The largest absolute Gasteiger partial charge is 0.404 e. The highest BCUT2D eigenvalue weighted by Crippen LogP contribution is 2.37. The number of hydrogen-bond acceptors (Lipinski definition) is 1. The summed E-state index contributed by atoms with van der Waals surface area (Å²) in [7, 11) is -2.51. The van der Waals surface area contributed by atoms with Crippen LogP contribution in [0.3, 0.4) is 0 Å². The average Bonchev–Trinajstić information content (AvgIpc) is 2.86. The van der Waals surface area contributed by atoms with Gasteiger partial charge in [-0.1, -0.05) is 132 Å². The molecule has 0 aliphatic rings. The van der Waals surface area contributed by atoms with Crippen LogP contribution in [0.25, 0.3) is 0 Å². The van der Waals surface area contributed by atoms with Gasteiger partial charge in [0.15, 0.2) is 0 Å². The second-order valence-corrected chi connectivity index (χ2v) is 15.5. The highest BCUT2D eigenvalue weighted by atomic mass is 28.4. The van der Waals surface area contributed by atoms with Crippen LogP contribution in [0.15, 0.2) is 96.6 Å². The van der Waals surface area contributed by atoms with Gasteiger partial charge < -0.3 is 4.43 Å². The van der Waals surface area contributed by atoms with E-state index in [4.69, 9.17) is 4.43 Å². The lowest BCUT2D eigenvalue weighted by Gasteiger charge is -2.43. The maximum absolute atomic E-state index is 7.10. The van der Waals surface area contributed by atoms with E-state index in [1.807, 2.05) is 0 Å². The van der Waals surface area contributed by atoms with Gasteiger partial charge in [0.05, 0.1) is 6.61 Å². The smallest absolute Gasteiger partial charge is 0.261 e. The third-order valence-electron chi connectivity index (χ3n) is 7.43. The summed E-state index contributed by atoms with van der Waals surface area (Å²) >= 11 is 0. The van der Waals surface area contributed by atoms with Crippen molar-refractivity contribution < 1.29 is 4.43 Å². The summed E-state index contributed by atoms with van der Waals surface area (Å²) in [5.74, 6) is 0. The Hall–Kier alpha value is -2.16. The van der Waals surface area contributed by atoms with Crippen LogP contribution in [-0.2, 0) is 4.43 Å². The van der Waals surface area contributed by atoms with Gasteiger partial charge in [0.25, 0.3) is 8.32 Å². The Morgan fingerprint density at radius 2 is 1.40 bits per heavy atom. The van der Waals surface area contributed by atoms with E-state index in [2.05, 4.69) is 134 Å². The first-order chi connectivity index (χ1) is 16.6. The van der Waals surface area contributed by atoms with Crippen molar-refractivity contribution in [3.05, 3.63) is 96.6 Å².